The summed E-state index contributed by atoms with van der Waals surface area (Å²) in [5.74, 6) is -0.664. The summed E-state index contributed by atoms with van der Waals surface area (Å²) in [5.41, 5.74) is 0.309. The molecule has 1 aliphatic rings. The number of hydrogen-bond acceptors (Lipinski definition) is 5. The van der Waals surface area contributed by atoms with E-state index in [0.717, 1.165) is 17.6 Å². The lowest BCUT2D eigenvalue weighted by atomic mass is 9.73. The summed E-state index contributed by atoms with van der Waals surface area (Å²) in [5, 5.41) is 5.89. The van der Waals surface area contributed by atoms with Crippen LogP contribution in [0, 0.1) is 5.92 Å². The molecule has 1 aromatic carbocycles. The fraction of sp³-hybridized carbons (Fsp3) is 0.579. The molecule has 29 heavy (non-hydrogen) atoms. The number of rotatable bonds is 7. The topological polar surface area (TPSA) is 79.9 Å². The van der Waals surface area contributed by atoms with Crippen molar-refractivity contribution in [2.45, 2.75) is 26.2 Å². The van der Waals surface area contributed by atoms with Crippen molar-refractivity contribution in [2.24, 2.45) is 5.92 Å². The van der Waals surface area contributed by atoms with Gasteiger partial charge in [-0.1, -0.05) is 41.4 Å². The van der Waals surface area contributed by atoms with Crippen LogP contribution in [0.15, 0.2) is 22.7 Å². The zero-order chi connectivity index (χ0) is 21.4. The summed E-state index contributed by atoms with van der Waals surface area (Å²) in [6, 6.07) is 4.99. The molecule has 1 fully saturated rings. The second kappa shape index (κ2) is 11.9. The maximum atomic E-state index is 12.5. The molecule has 1 aliphatic heterocycles. The van der Waals surface area contributed by atoms with Crippen molar-refractivity contribution in [1.82, 2.24) is 15.5 Å². The quantitative estimate of drug-likeness (QED) is 0.576. The van der Waals surface area contributed by atoms with Crippen LogP contribution < -0.4 is 10.6 Å². The molecule has 0 spiro atoms. The highest BCUT2D eigenvalue weighted by Crippen LogP contribution is 2.20. The van der Waals surface area contributed by atoms with E-state index < -0.39 is 13.0 Å². The second-order valence-electron chi connectivity index (χ2n) is 7.52. The summed E-state index contributed by atoms with van der Waals surface area (Å²) < 4.78 is 12.4. The van der Waals surface area contributed by atoms with Crippen LogP contribution in [0.3, 0.4) is 0 Å². The fourth-order valence-corrected chi connectivity index (χ4v) is 3.54. The average Bonchev–Trinajstić information content (AvgIpc) is 2.63. The molecule has 1 atom stereocenters. The molecular formula is C19H28BBrClN3O4. The minimum atomic E-state index is -0.509. The molecule has 0 aromatic heterocycles. The highest BCUT2D eigenvalue weighted by molar-refractivity contribution is 9.10. The minimum Gasteiger partial charge on any atom is -0.408 e. The molecule has 2 amide bonds. The number of halogens is 2. The Balaban J connectivity index is 1.93. The Morgan fingerprint density at radius 1 is 1.28 bits per heavy atom. The SMILES string of the molecule is CC(C)C[C@H](NC(=O)CNC(=O)c1cc(Br)ccc1Cl)B1OCCN(C)CCO1. The number of benzene rings is 1. The molecule has 0 unspecified atom stereocenters. The molecule has 1 saturated heterocycles. The fourth-order valence-electron chi connectivity index (χ4n) is 2.97. The Kier molecular flexibility index (Phi) is 9.91. The van der Waals surface area contributed by atoms with Crippen molar-refractivity contribution >= 4 is 46.5 Å². The summed E-state index contributed by atoms with van der Waals surface area (Å²) in [7, 11) is 1.51. The highest BCUT2D eigenvalue weighted by Gasteiger charge is 2.33. The number of nitrogens with one attached hydrogen (secondary N) is 2. The van der Waals surface area contributed by atoms with E-state index >= 15 is 0 Å². The number of carbonyl (C=O) groups excluding carboxylic acids is 2. The van der Waals surface area contributed by atoms with E-state index in [4.69, 9.17) is 20.9 Å². The third-order valence-electron chi connectivity index (χ3n) is 4.49. The van der Waals surface area contributed by atoms with Gasteiger partial charge < -0.3 is 24.8 Å². The van der Waals surface area contributed by atoms with E-state index in [1.807, 2.05) is 7.05 Å². The summed E-state index contributed by atoms with van der Waals surface area (Å²) in [6.07, 6.45) is 0.706. The van der Waals surface area contributed by atoms with Gasteiger partial charge in [0.1, 0.15) is 0 Å². The van der Waals surface area contributed by atoms with Crippen LogP contribution in [0.25, 0.3) is 0 Å². The smallest absolute Gasteiger partial charge is 0.408 e. The van der Waals surface area contributed by atoms with Crippen molar-refractivity contribution < 1.29 is 18.9 Å². The number of carbonyl (C=O) groups is 2. The van der Waals surface area contributed by atoms with Crippen LogP contribution in [-0.4, -0.2) is 69.7 Å². The Bertz CT molecular complexity index is 700. The standard InChI is InChI=1S/C19H28BBrClN3O4/c1-13(2)10-17(20-28-8-6-25(3)7-9-29-20)24-18(26)12-23-19(27)15-11-14(21)4-5-16(15)22/h4-5,11,13,17H,6-10,12H2,1-3H3,(H,23,27)(H,24,26)/t17-/m0/s1. The molecule has 0 saturated carbocycles. The van der Waals surface area contributed by atoms with Gasteiger partial charge in [-0.05, 0) is 37.6 Å². The Hall–Kier alpha value is -1.13. The number of nitrogens with zero attached hydrogens (tertiary/aromatic N) is 1. The molecular weight excluding hydrogens is 460 g/mol. The zero-order valence-corrected chi connectivity index (χ0v) is 19.4. The molecule has 10 heteroatoms. The first-order valence-electron chi connectivity index (χ1n) is 9.70. The van der Waals surface area contributed by atoms with E-state index in [1.54, 1.807) is 18.2 Å². The lowest BCUT2D eigenvalue weighted by Crippen LogP contribution is -2.54. The Labute approximate surface area is 186 Å². The molecule has 0 aliphatic carbocycles. The third-order valence-corrected chi connectivity index (χ3v) is 5.32. The highest BCUT2D eigenvalue weighted by atomic mass is 79.9. The average molecular weight is 489 g/mol. The van der Waals surface area contributed by atoms with Crippen LogP contribution in [0.2, 0.25) is 5.02 Å². The van der Waals surface area contributed by atoms with Gasteiger partial charge >= 0.3 is 7.12 Å². The largest absolute Gasteiger partial charge is 0.480 e. The van der Waals surface area contributed by atoms with E-state index in [0.29, 0.717) is 36.1 Å². The first kappa shape index (κ1) is 24.1. The zero-order valence-electron chi connectivity index (χ0n) is 17.0. The van der Waals surface area contributed by atoms with Crippen LogP contribution >= 0.6 is 27.5 Å². The van der Waals surface area contributed by atoms with E-state index in [2.05, 4.69) is 45.3 Å². The van der Waals surface area contributed by atoms with Gasteiger partial charge in [0.05, 0.1) is 23.1 Å². The van der Waals surface area contributed by atoms with Gasteiger partial charge in [0.25, 0.3) is 5.91 Å². The summed E-state index contributed by atoms with van der Waals surface area (Å²) in [6.45, 7) is 6.68. The second-order valence-corrected chi connectivity index (χ2v) is 8.85. The maximum Gasteiger partial charge on any atom is 0.480 e. The first-order valence-corrected chi connectivity index (χ1v) is 10.9. The van der Waals surface area contributed by atoms with Gasteiger partial charge in [-0.3, -0.25) is 9.59 Å². The van der Waals surface area contributed by atoms with Crippen LogP contribution in [0.4, 0.5) is 0 Å². The predicted octanol–water partition coefficient (Wildman–Crippen LogP) is 2.37. The van der Waals surface area contributed by atoms with E-state index in [1.165, 1.54) is 0 Å². The van der Waals surface area contributed by atoms with Crippen molar-refractivity contribution in [3.63, 3.8) is 0 Å². The van der Waals surface area contributed by atoms with E-state index in [-0.39, 0.29) is 18.4 Å². The van der Waals surface area contributed by atoms with Crippen LogP contribution in [0.5, 0.6) is 0 Å². The number of likely N-dealkylation sites (N-methyl/N-ethyl adjacent to an activating group) is 1. The van der Waals surface area contributed by atoms with Gasteiger partial charge in [-0.25, -0.2) is 0 Å². The van der Waals surface area contributed by atoms with Crippen LogP contribution in [0.1, 0.15) is 30.6 Å². The first-order chi connectivity index (χ1) is 13.8. The number of amides is 2. The molecule has 2 N–H and O–H groups in total. The van der Waals surface area contributed by atoms with Crippen molar-refractivity contribution in [1.29, 1.82) is 0 Å². The van der Waals surface area contributed by atoms with E-state index in [9.17, 15) is 9.59 Å². The maximum absolute atomic E-state index is 12.5. The van der Waals surface area contributed by atoms with Gasteiger partial charge in [-0.2, -0.15) is 0 Å². The normalized spacial score (nSPS) is 16.8. The molecule has 0 bridgehead atoms. The molecule has 1 heterocycles. The molecule has 2 rings (SSSR count). The lowest BCUT2D eigenvalue weighted by molar-refractivity contribution is -0.120. The van der Waals surface area contributed by atoms with Gasteiger partial charge in [0, 0.05) is 30.8 Å². The van der Waals surface area contributed by atoms with Crippen molar-refractivity contribution in [2.75, 3.05) is 39.9 Å². The molecule has 0 radical (unpaired) electrons. The minimum absolute atomic E-state index is 0.161. The van der Waals surface area contributed by atoms with Crippen molar-refractivity contribution in [3.05, 3.63) is 33.3 Å². The molecule has 160 valence electrons. The number of hydrogen-bond donors (Lipinski definition) is 2. The molecule has 1 aromatic rings. The van der Waals surface area contributed by atoms with Crippen LogP contribution in [-0.2, 0) is 14.1 Å². The lowest BCUT2D eigenvalue weighted by Gasteiger charge is -2.29. The molecule has 7 nitrogen and oxygen atoms in total. The van der Waals surface area contributed by atoms with Gasteiger partial charge in [-0.15, -0.1) is 0 Å². The van der Waals surface area contributed by atoms with Gasteiger partial charge in [0.2, 0.25) is 5.91 Å². The van der Waals surface area contributed by atoms with Crippen molar-refractivity contribution in [3.8, 4) is 0 Å². The van der Waals surface area contributed by atoms with Gasteiger partial charge in [0.15, 0.2) is 0 Å². The third kappa shape index (κ3) is 8.26. The monoisotopic (exact) mass is 487 g/mol. The predicted molar refractivity (Wildman–Crippen MR) is 118 cm³/mol. The Morgan fingerprint density at radius 2 is 1.93 bits per heavy atom. The summed E-state index contributed by atoms with van der Waals surface area (Å²) >= 11 is 9.38. The Morgan fingerprint density at radius 3 is 2.55 bits per heavy atom. The summed E-state index contributed by atoms with van der Waals surface area (Å²) in [4.78, 5) is 27.0.